The number of carbonyl (C=O) groups excluding carboxylic acids is 2. The summed E-state index contributed by atoms with van der Waals surface area (Å²) in [7, 11) is 0. The normalized spacial score (nSPS) is 26.0. The average Bonchev–Trinajstić information content (AvgIpc) is 3.56. The molecule has 0 aliphatic carbocycles. The third-order valence-corrected chi connectivity index (χ3v) is 10.4. The van der Waals surface area contributed by atoms with Crippen LogP contribution in [0, 0.1) is 11.8 Å². The Morgan fingerprint density at radius 3 is 1.95 bits per heavy atom. The maximum Gasteiger partial charge on any atom is 0.348 e. The summed E-state index contributed by atoms with van der Waals surface area (Å²) in [4.78, 5) is 27.9. The van der Waals surface area contributed by atoms with Crippen molar-refractivity contribution in [3.05, 3.63) is 71.8 Å². The zero-order valence-electron chi connectivity index (χ0n) is 25.8. The van der Waals surface area contributed by atoms with E-state index < -0.39 is 17.9 Å². The third kappa shape index (κ3) is 6.13. The number of hydrogen-bond acceptors (Lipinski definition) is 6. The minimum absolute atomic E-state index is 0.102. The standard InChI is InChI=1S/C36H48NO6/c1-26(2)23-33(38)42-34(27-17-21-40-22-18-27)43-36(28-11-5-3-6-12-28,29-13-7-4-8-14-29)35(39)41-32-24-30-15-16-31(25-32)37(30)19-9-10-20-37/h3-8,11-14,26-27,30-32,34H,9-10,15-25H2,1-2H3/q+1. The Balaban J connectivity index is 1.36. The Bertz CT molecular complexity index is 1170. The first-order chi connectivity index (χ1) is 20.9. The molecule has 2 aromatic rings. The van der Waals surface area contributed by atoms with Crippen molar-refractivity contribution < 1.29 is 33.0 Å². The van der Waals surface area contributed by atoms with E-state index in [1.807, 2.05) is 74.5 Å². The van der Waals surface area contributed by atoms with E-state index in [9.17, 15) is 9.59 Å². The van der Waals surface area contributed by atoms with Crippen LogP contribution in [-0.4, -0.2) is 67.2 Å². The molecule has 7 nitrogen and oxygen atoms in total. The summed E-state index contributed by atoms with van der Waals surface area (Å²) >= 11 is 0. The lowest BCUT2D eigenvalue weighted by Gasteiger charge is -2.47. The van der Waals surface area contributed by atoms with Crippen molar-refractivity contribution in [1.29, 1.82) is 0 Å². The number of hydrogen-bond donors (Lipinski definition) is 0. The molecule has 43 heavy (non-hydrogen) atoms. The van der Waals surface area contributed by atoms with Crippen molar-refractivity contribution in [2.45, 2.75) is 102 Å². The molecule has 0 N–H and O–H groups in total. The van der Waals surface area contributed by atoms with Crippen LogP contribution in [0.25, 0.3) is 0 Å². The third-order valence-electron chi connectivity index (χ3n) is 10.4. The van der Waals surface area contributed by atoms with Gasteiger partial charge in [-0.05, 0) is 29.9 Å². The van der Waals surface area contributed by atoms with Gasteiger partial charge in [0.2, 0.25) is 11.9 Å². The summed E-state index contributed by atoms with van der Waals surface area (Å²) in [6.45, 7) is 7.65. The number of benzene rings is 2. The number of rotatable bonds is 10. The molecule has 0 radical (unpaired) electrons. The van der Waals surface area contributed by atoms with Crippen molar-refractivity contribution in [2.24, 2.45) is 11.8 Å². The van der Waals surface area contributed by atoms with Crippen LogP contribution in [0.5, 0.6) is 0 Å². The van der Waals surface area contributed by atoms with Crippen LogP contribution in [-0.2, 0) is 34.1 Å². The lowest BCUT2D eigenvalue weighted by molar-refractivity contribution is -0.956. The SMILES string of the molecule is CC(C)CC(=O)OC(OC(C(=O)OC1CC2CCC(C1)[N+]21CCCC1)(c1ccccc1)c1ccccc1)C1CCOCC1. The summed E-state index contributed by atoms with van der Waals surface area (Å²) in [6.07, 6.45) is 7.40. The molecule has 4 aliphatic heterocycles. The highest BCUT2D eigenvalue weighted by atomic mass is 16.7. The molecular formula is C36H48NO6+. The summed E-state index contributed by atoms with van der Waals surface area (Å²) in [5.41, 5.74) is -0.255. The Hall–Kier alpha value is -2.74. The zero-order chi connectivity index (χ0) is 29.9. The lowest BCUT2D eigenvalue weighted by Crippen LogP contribution is -2.60. The van der Waals surface area contributed by atoms with E-state index >= 15 is 0 Å². The number of esters is 2. The quantitative estimate of drug-likeness (QED) is 0.188. The highest BCUT2D eigenvalue weighted by molar-refractivity contribution is 5.86. The highest BCUT2D eigenvalue weighted by Crippen LogP contribution is 2.47. The number of ether oxygens (including phenoxy) is 4. The van der Waals surface area contributed by atoms with E-state index in [1.165, 1.54) is 43.3 Å². The second kappa shape index (κ2) is 13.1. The molecule has 2 bridgehead atoms. The summed E-state index contributed by atoms with van der Waals surface area (Å²) < 4.78 is 26.6. The van der Waals surface area contributed by atoms with Gasteiger partial charge in [0.05, 0.1) is 25.2 Å². The molecular weight excluding hydrogens is 542 g/mol. The van der Waals surface area contributed by atoms with E-state index in [-0.39, 0.29) is 30.3 Å². The first kappa shape index (κ1) is 30.3. The van der Waals surface area contributed by atoms with E-state index in [0.29, 0.717) is 49.3 Å². The zero-order valence-corrected chi connectivity index (χ0v) is 25.8. The second-order valence-electron chi connectivity index (χ2n) is 13.6. The van der Waals surface area contributed by atoms with Gasteiger partial charge in [0.15, 0.2) is 0 Å². The van der Waals surface area contributed by atoms with E-state index in [1.54, 1.807) is 0 Å². The average molecular weight is 591 g/mol. The molecule has 3 atom stereocenters. The van der Waals surface area contributed by atoms with Gasteiger partial charge >= 0.3 is 11.9 Å². The lowest BCUT2D eigenvalue weighted by atomic mass is 9.85. The van der Waals surface area contributed by atoms with E-state index in [0.717, 1.165) is 12.8 Å². The van der Waals surface area contributed by atoms with Gasteiger partial charge in [-0.1, -0.05) is 74.5 Å². The predicted molar refractivity (Wildman–Crippen MR) is 163 cm³/mol. The molecule has 0 aromatic heterocycles. The Morgan fingerprint density at radius 2 is 1.42 bits per heavy atom. The van der Waals surface area contributed by atoms with Crippen LogP contribution in [0.3, 0.4) is 0 Å². The number of nitrogens with zero attached hydrogens (tertiary/aromatic N) is 1. The van der Waals surface area contributed by atoms with Gasteiger partial charge < -0.3 is 23.4 Å². The molecule has 7 heteroatoms. The summed E-state index contributed by atoms with van der Waals surface area (Å²) in [5.74, 6) is -0.710. The maximum absolute atomic E-state index is 14.8. The topological polar surface area (TPSA) is 71.1 Å². The van der Waals surface area contributed by atoms with Crippen LogP contribution in [0.4, 0.5) is 0 Å². The fourth-order valence-corrected chi connectivity index (χ4v) is 8.36. The number of piperidine rings is 1. The fraction of sp³-hybridized carbons (Fsp3) is 0.611. The molecule has 1 spiro atoms. The first-order valence-electron chi connectivity index (χ1n) is 16.5. The second-order valence-corrected chi connectivity index (χ2v) is 13.6. The molecule has 4 aliphatic rings. The Kier molecular flexibility index (Phi) is 9.22. The van der Waals surface area contributed by atoms with E-state index in [2.05, 4.69) is 0 Å². The van der Waals surface area contributed by atoms with Crippen molar-refractivity contribution in [2.75, 3.05) is 26.3 Å². The minimum Gasteiger partial charge on any atom is -0.459 e. The molecule has 2 aromatic carbocycles. The maximum atomic E-state index is 14.8. The molecule has 4 fully saturated rings. The largest absolute Gasteiger partial charge is 0.459 e. The van der Waals surface area contributed by atoms with Crippen LogP contribution in [0.2, 0.25) is 0 Å². The summed E-state index contributed by atoms with van der Waals surface area (Å²) in [6, 6.07) is 20.3. The van der Waals surface area contributed by atoms with Gasteiger partial charge in [0.1, 0.15) is 6.10 Å². The smallest absolute Gasteiger partial charge is 0.348 e. The summed E-state index contributed by atoms with van der Waals surface area (Å²) in [5, 5.41) is 0. The fourth-order valence-electron chi connectivity index (χ4n) is 8.36. The molecule has 3 unspecified atom stereocenters. The van der Waals surface area contributed by atoms with Gasteiger partial charge in [0, 0.05) is 64.1 Å². The molecule has 0 amide bonds. The Morgan fingerprint density at radius 1 is 0.860 bits per heavy atom. The van der Waals surface area contributed by atoms with Crippen LogP contribution in [0.15, 0.2) is 60.7 Å². The molecule has 6 rings (SSSR count). The van der Waals surface area contributed by atoms with Crippen LogP contribution < -0.4 is 0 Å². The minimum atomic E-state index is -1.60. The van der Waals surface area contributed by atoms with Gasteiger partial charge in [-0.25, -0.2) is 4.79 Å². The van der Waals surface area contributed by atoms with Crippen LogP contribution >= 0.6 is 0 Å². The van der Waals surface area contributed by atoms with Gasteiger partial charge in [-0.3, -0.25) is 4.79 Å². The highest BCUT2D eigenvalue weighted by Gasteiger charge is 2.57. The van der Waals surface area contributed by atoms with Crippen molar-refractivity contribution in [3.8, 4) is 0 Å². The number of quaternary nitrogens is 1. The van der Waals surface area contributed by atoms with Crippen molar-refractivity contribution in [3.63, 3.8) is 0 Å². The van der Waals surface area contributed by atoms with Crippen molar-refractivity contribution >= 4 is 11.9 Å². The van der Waals surface area contributed by atoms with Gasteiger partial charge in [-0.15, -0.1) is 0 Å². The molecule has 0 saturated carbocycles. The van der Waals surface area contributed by atoms with Gasteiger partial charge in [0.25, 0.3) is 0 Å². The van der Waals surface area contributed by atoms with Crippen LogP contribution in [0.1, 0.15) is 82.8 Å². The van der Waals surface area contributed by atoms with Gasteiger partial charge in [-0.2, -0.15) is 0 Å². The molecule has 4 heterocycles. The van der Waals surface area contributed by atoms with Crippen molar-refractivity contribution in [1.82, 2.24) is 0 Å². The predicted octanol–water partition coefficient (Wildman–Crippen LogP) is 6.14. The first-order valence-corrected chi connectivity index (χ1v) is 16.5. The molecule has 4 saturated heterocycles. The Labute approximate surface area is 256 Å². The van der Waals surface area contributed by atoms with E-state index in [4.69, 9.17) is 18.9 Å². The monoisotopic (exact) mass is 590 g/mol. The number of carbonyl (C=O) groups is 2. The molecule has 232 valence electrons.